The number of carboxylic acid groups (broad SMARTS) is 1. The second kappa shape index (κ2) is 4.03. The predicted molar refractivity (Wildman–Crippen MR) is 47.3 cm³/mol. The van der Waals surface area contributed by atoms with Crippen LogP contribution < -0.4 is 5.73 Å². The topological polar surface area (TPSA) is 117 Å². The molecule has 0 saturated heterocycles. The van der Waals surface area contributed by atoms with Crippen molar-refractivity contribution in [3.8, 4) is 0 Å². The van der Waals surface area contributed by atoms with Gasteiger partial charge in [0.2, 0.25) is 0 Å². The van der Waals surface area contributed by atoms with Gasteiger partial charge in [0, 0.05) is 0 Å². The summed E-state index contributed by atoms with van der Waals surface area (Å²) in [7, 11) is 0. The molecule has 76 valence electrons. The molecule has 0 aliphatic heterocycles. The van der Waals surface area contributed by atoms with Gasteiger partial charge in [-0.1, -0.05) is 0 Å². The Hall–Kier alpha value is -1.66. The average molecular weight is 198 g/mol. The fraction of sp³-hybridized carbons (Fsp3) is 0.250. The lowest BCUT2D eigenvalue weighted by atomic mass is 10.1. The lowest BCUT2D eigenvalue weighted by Gasteiger charge is -2.12. The van der Waals surface area contributed by atoms with E-state index in [-0.39, 0.29) is 5.69 Å². The largest absolute Gasteiger partial charge is 0.479 e. The molecule has 1 rings (SSSR count). The van der Waals surface area contributed by atoms with E-state index in [1.807, 2.05) is 0 Å². The van der Waals surface area contributed by atoms with Crippen molar-refractivity contribution >= 4 is 11.7 Å². The summed E-state index contributed by atoms with van der Waals surface area (Å²) in [6.07, 6.45) is -2.16. The molecule has 1 aromatic heterocycles. The first kappa shape index (κ1) is 10.4. The molecule has 0 aromatic carbocycles. The Labute approximate surface area is 79.6 Å². The molecular formula is C8H10N2O4. The molecule has 0 radical (unpaired) electrons. The van der Waals surface area contributed by atoms with Crippen LogP contribution in [0.2, 0.25) is 0 Å². The van der Waals surface area contributed by atoms with Crippen molar-refractivity contribution in [1.29, 1.82) is 0 Å². The molecule has 0 saturated carbocycles. The highest BCUT2D eigenvalue weighted by Crippen LogP contribution is 2.15. The highest BCUT2D eigenvalue weighted by Gasteiger charge is 2.25. The number of hydrogen-bond donors (Lipinski definition) is 4. The molecule has 1 aromatic rings. The molecule has 0 bridgehead atoms. The zero-order valence-electron chi connectivity index (χ0n) is 7.16. The first-order valence-corrected chi connectivity index (χ1v) is 3.82. The van der Waals surface area contributed by atoms with Gasteiger partial charge in [0.05, 0.1) is 17.6 Å². The number of anilines is 1. The van der Waals surface area contributed by atoms with Crippen LogP contribution in [0.4, 0.5) is 5.69 Å². The Morgan fingerprint density at radius 2 is 2.07 bits per heavy atom. The Kier molecular flexibility index (Phi) is 3.00. The summed E-state index contributed by atoms with van der Waals surface area (Å²) in [5.41, 5.74) is 5.80. The van der Waals surface area contributed by atoms with E-state index in [2.05, 4.69) is 4.98 Å². The van der Waals surface area contributed by atoms with Crippen molar-refractivity contribution in [3.63, 3.8) is 0 Å². The Balaban J connectivity index is 2.84. The summed E-state index contributed by atoms with van der Waals surface area (Å²) in [4.78, 5) is 14.0. The molecule has 0 aliphatic rings. The third kappa shape index (κ3) is 2.18. The van der Waals surface area contributed by atoms with E-state index in [1.165, 1.54) is 18.3 Å². The molecule has 6 heteroatoms. The van der Waals surface area contributed by atoms with Crippen molar-refractivity contribution < 1.29 is 20.1 Å². The first-order chi connectivity index (χ1) is 6.52. The van der Waals surface area contributed by atoms with Gasteiger partial charge in [0.25, 0.3) is 0 Å². The molecule has 0 fully saturated rings. The van der Waals surface area contributed by atoms with Gasteiger partial charge in [-0.2, -0.15) is 0 Å². The van der Waals surface area contributed by atoms with Gasteiger partial charge in [-0.15, -0.1) is 0 Å². The zero-order chi connectivity index (χ0) is 10.7. The maximum Gasteiger partial charge on any atom is 0.335 e. The van der Waals surface area contributed by atoms with Crippen LogP contribution in [0.5, 0.6) is 0 Å². The lowest BCUT2D eigenvalue weighted by Crippen LogP contribution is -2.28. The smallest absolute Gasteiger partial charge is 0.335 e. The van der Waals surface area contributed by atoms with Gasteiger partial charge in [0.15, 0.2) is 6.10 Å². The minimum atomic E-state index is -1.88. The number of carbonyl (C=O) groups is 1. The normalized spacial score (nSPS) is 14.7. The molecule has 2 unspecified atom stereocenters. The number of nitrogen functional groups attached to an aromatic ring is 1. The van der Waals surface area contributed by atoms with E-state index in [4.69, 9.17) is 15.9 Å². The summed E-state index contributed by atoms with van der Waals surface area (Å²) in [6, 6.07) is 2.81. The summed E-state index contributed by atoms with van der Waals surface area (Å²) in [5.74, 6) is -1.50. The monoisotopic (exact) mass is 198 g/mol. The van der Waals surface area contributed by atoms with E-state index in [0.717, 1.165) is 0 Å². The fourth-order valence-electron chi connectivity index (χ4n) is 0.888. The van der Waals surface area contributed by atoms with Crippen LogP contribution in [0.25, 0.3) is 0 Å². The number of hydrogen-bond acceptors (Lipinski definition) is 5. The Bertz CT molecular complexity index is 325. The van der Waals surface area contributed by atoms with Crippen LogP contribution in [-0.2, 0) is 4.79 Å². The molecule has 2 atom stereocenters. The molecule has 0 aliphatic carbocycles. The minimum absolute atomic E-state index is 0.0640. The van der Waals surface area contributed by atoms with Crippen molar-refractivity contribution in [2.45, 2.75) is 12.2 Å². The highest BCUT2D eigenvalue weighted by molar-refractivity contribution is 5.72. The maximum absolute atomic E-state index is 10.3. The maximum atomic E-state index is 10.3. The van der Waals surface area contributed by atoms with Crippen LogP contribution in [0, 0.1) is 0 Å². The van der Waals surface area contributed by atoms with E-state index < -0.39 is 18.2 Å². The van der Waals surface area contributed by atoms with Crippen LogP contribution in [0.1, 0.15) is 11.8 Å². The van der Waals surface area contributed by atoms with Gasteiger partial charge in [-0.25, -0.2) is 4.79 Å². The molecule has 5 N–H and O–H groups in total. The van der Waals surface area contributed by atoms with Gasteiger partial charge in [-0.3, -0.25) is 4.98 Å². The zero-order valence-corrected chi connectivity index (χ0v) is 7.16. The minimum Gasteiger partial charge on any atom is -0.479 e. The average Bonchev–Trinajstić information content (AvgIpc) is 2.16. The molecule has 0 spiro atoms. The number of nitrogens with zero attached hydrogens (tertiary/aromatic N) is 1. The fourth-order valence-corrected chi connectivity index (χ4v) is 0.888. The number of aromatic nitrogens is 1. The standard InChI is InChI=1S/C8H10N2O4/c9-4-1-2-5(10-3-4)6(11)7(12)8(13)14/h1-3,6-7,11-12H,9H2,(H,13,14). The van der Waals surface area contributed by atoms with E-state index in [9.17, 15) is 9.90 Å². The number of aliphatic hydroxyl groups excluding tert-OH is 2. The summed E-state index contributed by atoms with van der Waals surface area (Å²) < 4.78 is 0. The number of aliphatic carboxylic acids is 1. The van der Waals surface area contributed by atoms with Crippen molar-refractivity contribution in [2.75, 3.05) is 5.73 Å². The third-order valence-corrected chi connectivity index (χ3v) is 1.66. The number of carboxylic acids is 1. The highest BCUT2D eigenvalue weighted by atomic mass is 16.4. The van der Waals surface area contributed by atoms with Gasteiger partial charge >= 0.3 is 5.97 Å². The van der Waals surface area contributed by atoms with Crippen LogP contribution in [0.15, 0.2) is 18.3 Å². The molecular weight excluding hydrogens is 188 g/mol. The summed E-state index contributed by atoms with van der Waals surface area (Å²) in [6.45, 7) is 0. The quantitative estimate of drug-likeness (QED) is 0.502. The SMILES string of the molecule is Nc1ccc(C(O)C(O)C(=O)O)nc1. The van der Waals surface area contributed by atoms with E-state index in [0.29, 0.717) is 5.69 Å². The molecule has 0 amide bonds. The second-order valence-corrected chi connectivity index (χ2v) is 2.74. The Morgan fingerprint density at radius 1 is 1.43 bits per heavy atom. The number of pyridine rings is 1. The van der Waals surface area contributed by atoms with Crippen molar-refractivity contribution in [3.05, 3.63) is 24.0 Å². The van der Waals surface area contributed by atoms with Gasteiger partial charge in [-0.05, 0) is 12.1 Å². The predicted octanol–water partition coefficient (Wildman–Crippen LogP) is -0.857. The lowest BCUT2D eigenvalue weighted by molar-refractivity contribution is -0.153. The van der Waals surface area contributed by atoms with Crippen LogP contribution in [0.3, 0.4) is 0 Å². The number of nitrogens with two attached hydrogens (primary N) is 1. The second-order valence-electron chi connectivity index (χ2n) is 2.74. The van der Waals surface area contributed by atoms with Gasteiger partial charge < -0.3 is 21.1 Å². The molecule has 6 nitrogen and oxygen atoms in total. The van der Waals surface area contributed by atoms with Crippen molar-refractivity contribution in [2.24, 2.45) is 0 Å². The number of aliphatic hydroxyl groups is 2. The first-order valence-electron chi connectivity index (χ1n) is 3.82. The van der Waals surface area contributed by atoms with Crippen LogP contribution in [-0.4, -0.2) is 32.4 Å². The Morgan fingerprint density at radius 3 is 2.50 bits per heavy atom. The summed E-state index contributed by atoms with van der Waals surface area (Å²) >= 11 is 0. The van der Waals surface area contributed by atoms with E-state index >= 15 is 0 Å². The molecule has 1 heterocycles. The van der Waals surface area contributed by atoms with E-state index in [1.54, 1.807) is 0 Å². The number of rotatable bonds is 3. The molecule has 14 heavy (non-hydrogen) atoms. The summed E-state index contributed by atoms with van der Waals surface area (Å²) in [5, 5.41) is 26.7. The van der Waals surface area contributed by atoms with Crippen molar-refractivity contribution in [1.82, 2.24) is 4.98 Å². The van der Waals surface area contributed by atoms with Gasteiger partial charge in [0.1, 0.15) is 6.10 Å². The van der Waals surface area contributed by atoms with Crippen LogP contribution >= 0.6 is 0 Å². The third-order valence-electron chi connectivity index (χ3n) is 1.66.